The van der Waals surface area contributed by atoms with Crippen LogP contribution in [-0.4, -0.2) is 19.5 Å². The summed E-state index contributed by atoms with van der Waals surface area (Å²) in [7, 11) is 0. The van der Waals surface area contributed by atoms with Crippen LogP contribution in [0.5, 0.6) is 0 Å². The minimum atomic E-state index is 0.529. The van der Waals surface area contributed by atoms with Crippen LogP contribution in [-0.2, 0) is 6.54 Å². The zero-order valence-corrected chi connectivity index (χ0v) is 11.1. The predicted octanol–water partition coefficient (Wildman–Crippen LogP) is 2.15. The molecule has 1 N–H and O–H groups in total. The summed E-state index contributed by atoms with van der Waals surface area (Å²) in [6.45, 7) is 0.565. The van der Waals surface area contributed by atoms with E-state index in [0.29, 0.717) is 17.9 Å². The summed E-state index contributed by atoms with van der Waals surface area (Å²) in [6, 6.07) is 9.48. The Labute approximate surface area is 121 Å². The molecule has 3 heterocycles. The summed E-state index contributed by atoms with van der Waals surface area (Å²) in [4.78, 5) is 12.5. The average Bonchev–Trinajstić information content (AvgIpc) is 3.08. The van der Waals surface area contributed by atoms with Gasteiger partial charge in [0.15, 0.2) is 0 Å². The Morgan fingerprint density at radius 1 is 1.19 bits per heavy atom. The molecule has 0 fully saturated rings. The highest BCUT2D eigenvalue weighted by Gasteiger charge is 2.03. The lowest BCUT2D eigenvalue weighted by atomic mass is 10.2. The zero-order chi connectivity index (χ0) is 14.5. The van der Waals surface area contributed by atoms with Crippen LogP contribution in [0.2, 0.25) is 0 Å². The topological polar surface area (TPSA) is 79.4 Å². The third-order valence-electron chi connectivity index (χ3n) is 2.97. The van der Waals surface area contributed by atoms with E-state index in [2.05, 4.69) is 26.3 Å². The van der Waals surface area contributed by atoms with Crippen molar-refractivity contribution in [1.29, 1.82) is 5.26 Å². The summed E-state index contributed by atoms with van der Waals surface area (Å²) >= 11 is 0. The lowest BCUT2D eigenvalue weighted by molar-refractivity contribution is 0.976. The molecule has 0 saturated heterocycles. The van der Waals surface area contributed by atoms with Gasteiger partial charge in [0.05, 0.1) is 5.56 Å². The summed E-state index contributed by atoms with van der Waals surface area (Å²) in [5.74, 6) is 1.38. The van der Waals surface area contributed by atoms with Crippen molar-refractivity contribution in [3.63, 3.8) is 0 Å². The first-order chi connectivity index (χ1) is 10.4. The van der Waals surface area contributed by atoms with Gasteiger partial charge < -0.3 is 5.32 Å². The van der Waals surface area contributed by atoms with Crippen molar-refractivity contribution in [3.8, 4) is 11.9 Å². The third kappa shape index (κ3) is 2.87. The highest BCUT2D eigenvalue weighted by molar-refractivity contribution is 5.51. The lowest BCUT2D eigenvalue weighted by Gasteiger charge is -2.08. The summed E-state index contributed by atoms with van der Waals surface area (Å²) in [6.07, 6.45) is 8.65. The van der Waals surface area contributed by atoms with E-state index in [9.17, 15) is 0 Å². The summed E-state index contributed by atoms with van der Waals surface area (Å²) < 4.78 is 1.84. The van der Waals surface area contributed by atoms with E-state index in [1.54, 1.807) is 37.1 Å². The van der Waals surface area contributed by atoms with Crippen molar-refractivity contribution < 1.29 is 0 Å². The van der Waals surface area contributed by atoms with Crippen molar-refractivity contribution >= 4 is 5.82 Å². The Bertz CT molecular complexity index is 773. The van der Waals surface area contributed by atoms with Gasteiger partial charge in [-0.15, -0.1) is 0 Å². The number of rotatable bonds is 4. The van der Waals surface area contributed by atoms with Crippen molar-refractivity contribution in [2.75, 3.05) is 5.32 Å². The summed E-state index contributed by atoms with van der Waals surface area (Å²) in [5, 5.41) is 12.2. The molecule has 0 aliphatic rings. The van der Waals surface area contributed by atoms with Crippen molar-refractivity contribution in [2.24, 2.45) is 0 Å². The Hall–Kier alpha value is -3.20. The number of hydrogen-bond donors (Lipinski definition) is 1. The molecule has 0 bridgehead atoms. The van der Waals surface area contributed by atoms with E-state index in [1.165, 1.54) is 0 Å². The van der Waals surface area contributed by atoms with Crippen LogP contribution >= 0.6 is 0 Å². The van der Waals surface area contributed by atoms with Crippen LogP contribution in [0.25, 0.3) is 5.82 Å². The molecule has 6 nitrogen and oxygen atoms in total. The van der Waals surface area contributed by atoms with Gasteiger partial charge in [-0.1, -0.05) is 0 Å². The SMILES string of the molecule is N#Cc1cccnc1NCc1ccnc(-n2ccnc2)c1. The first kappa shape index (κ1) is 12.8. The van der Waals surface area contributed by atoms with Crippen molar-refractivity contribution in [3.05, 3.63) is 66.5 Å². The minimum absolute atomic E-state index is 0.529. The number of nitriles is 1. The molecule has 3 aromatic heterocycles. The van der Waals surface area contributed by atoms with Gasteiger partial charge in [0.1, 0.15) is 24.0 Å². The number of pyridine rings is 2. The van der Waals surface area contributed by atoms with E-state index in [4.69, 9.17) is 5.26 Å². The second-order valence-corrected chi connectivity index (χ2v) is 4.36. The maximum absolute atomic E-state index is 9.03. The molecule has 0 aliphatic carbocycles. The van der Waals surface area contributed by atoms with Crippen LogP contribution in [0.1, 0.15) is 11.1 Å². The fourth-order valence-corrected chi connectivity index (χ4v) is 1.93. The molecule has 0 aromatic carbocycles. The van der Waals surface area contributed by atoms with Gasteiger partial charge >= 0.3 is 0 Å². The van der Waals surface area contributed by atoms with Crippen molar-refractivity contribution in [1.82, 2.24) is 19.5 Å². The average molecular weight is 276 g/mol. The van der Waals surface area contributed by atoms with Gasteiger partial charge in [-0.2, -0.15) is 5.26 Å². The largest absolute Gasteiger partial charge is 0.365 e. The Kier molecular flexibility index (Phi) is 3.56. The Morgan fingerprint density at radius 2 is 2.14 bits per heavy atom. The highest BCUT2D eigenvalue weighted by atomic mass is 15.1. The van der Waals surface area contributed by atoms with E-state index < -0.39 is 0 Å². The van der Waals surface area contributed by atoms with Gasteiger partial charge in [-0.3, -0.25) is 4.57 Å². The van der Waals surface area contributed by atoms with Gasteiger partial charge in [-0.25, -0.2) is 15.0 Å². The molecule has 0 radical (unpaired) electrons. The molecule has 6 heteroatoms. The first-order valence-electron chi connectivity index (χ1n) is 6.39. The van der Waals surface area contributed by atoms with Gasteiger partial charge in [0.25, 0.3) is 0 Å². The van der Waals surface area contributed by atoms with E-state index in [1.807, 2.05) is 22.9 Å². The van der Waals surface area contributed by atoms with E-state index in [0.717, 1.165) is 11.4 Å². The quantitative estimate of drug-likeness (QED) is 0.789. The second-order valence-electron chi connectivity index (χ2n) is 4.36. The molecule has 3 rings (SSSR count). The first-order valence-corrected chi connectivity index (χ1v) is 6.39. The number of hydrogen-bond acceptors (Lipinski definition) is 5. The molecule has 0 atom stereocenters. The van der Waals surface area contributed by atoms with Crippen LogP contribution in [0, 0.1) is 11.3 Å². The van der Waals surface area contributed by atoms with Gasteiger partial charge in [0.2, 0.25) is 0 Å². The number of anilines is 1. The lowest BCUT2D eigenvalue weighted by Crippen LogP contribution is -2.04. The maximum Gasteiger partial charge on any atom is 0.144 e. The molecule has 0 aliphatic heterocycles. The normalized spacial score (nSPS) is 10.0. The number of imidazole rings is 1. The molecule has 0 unspecified atom stereocenters. The van der Waals surface area contributed by atoms with Crippen molar-refractivity contribution in [2.45, 2.75) is 6.54 Å². The molecular weight excluding hydrogens is 264 g/mol. The highest BCUT2D eigenvalue weighted by Crippen LogP contribution is 2.12. The summed E-state index contributed by atoms with van der Waals surface area (Å²) in [5.41, 5.74) is 1.57. The molecule has 0 saturated carbocycles. The fourth-order valence-electron chi connectivity index (χ4n) is 1.93. The zero-order valence-electron chi connectivity index (χ0n) is 11.1. The standard InChI is InChI=1S/C15H12N6/c16-9-13-2-1-4-19-15(13)20-10-12-3-5-18-14(8-12)21-7-6-17-11-21/h1-8,11H,10H2,(H,19,20). The van der Waals surface area contributed by atoms with Crippen LogP contribution in [0.3, 0.4) is 0 Å². The smallest absolute Gasteiger partial charge is 0.144 e. The van der Waals surface area contributed by atoms with Crippen LogP contribution in [0.15, 0.2) is 55.4 Å². The molecule has 3 aromatic rings. The van der Waals surface area contributed by atoms with Gasteiger partial charge in [0, 0.05) is 31.3 Å². The second kappa shape index (κ2) is 5.84. The van der Waals surface area contributed by atoms with Crippen LogP contribution in [0.4, 0.5) is 5.82 Å². The molecule has 0 spiro atoms. The number of aromatic nitrogens is 4. The fraction of sp³-hybridized carbons (Fsp3) is 0.0667. The molecule has 21 heavy (non-hydrogen) atoms. The minimum Gasteiger partial charge on any atom is -0.365 e. The van der Waals surface area contributed by atoms with E-state index in [-0.39, 0.29) is 0 Å². The maximum atomic E-state index is 9.03. The number of nitrogens with zero attached hydrogens (tertiary/aromatic N) is 5. The predicted molar refractivity (Wildman–Crippen MR) is 77.6 cm³/mol. The Morgan fingerprint density at radius 3 is 2.95 bits per heavy atom. The molecule has 102 valence electrons. The van der Waals surface area contributed by atoms with E-state index >= 15 is 0 Å². The molecule has 0 amide bonds. The monoisotopic (exact) mass is 276 g/mol. The van der Waals surface area contributed by atoms with Crippen LogP contribution < -0.4 is 5.32 Å². The van der Waals surface area contributed by atoms with Gasteiger partial charge in [-0.05, 0) is 29.8 Å². The number of nitrogens with one attached hydrogen (secondary N) is 1. The Balaban J connectivity index is 1.77. The molecular formula is C15H12N6. The third-order valence-corrected chi connectivity index (χ3v) is 2.97.